The van der Waals surface area contributed by atoms with Gasteiger partial charge in [0.05, 0.1) is 0 Å². The molecule has 104 valence electrons. The Hall–Kier alpha value is -1.80. The van der Waals surface area contributed by atoms with Crippen molar-refractivity contribution in [2.75, 3.05) is 0 Å². The van der Waals surface area contributed by atoms with Crippen LogP contribution in [0.3, 0.4) is 0 Å². The molecule has 0 saturated carbocycles. The smallest absolute Gasteiger partial charge is 0.126 e. The van der Waals surface area contributed by atoms with Crippen molar-refractivity contribution < 1.29 is 4.74 Å². The molecule has 0 spiro atoms. The quantitative estimate of drug-likeness (QED) is 0.921. The molecule has 2 aromatic rings. The third kappa shape index (κ3) is 2.56. The van der Waals surface area contributed by atoms with Crippen LogP contribution in [0.2, 0.25) is 0 Å². The minimum atomic E-state index is -0.102. The third-order valence-corrected chi connectivity index (χ3v) is 3.84. The molecule has 20 heavy (non-hydrogen) atoms. The lowest BCUT2D eigenvalue weighted by Gasteiger charge is -2.19. The Morgan fingerprint density at radius 1 is 1.10 bits per heavy atom. The SMILES string of the molecule is CC1(C)Cc2cccc(CC(N)c3ccccc3)c2O1. The molecule has 2 heteroatoms. The van der Waals surface area contributed by atoms with Crippen LogP contribution in [0.5, 0.6) is 5.75 Å². The van der Waals surface area contributed by atoms with Crippen LogP contribution in [0.4, 0.5) is 0 Å². The summed E-state index contributed by atoms with van der Waals surface area (Å²) in [5.41, 5.74) is 9.91. The van der Waals surface area contributed by atoms with Crippen molar-refractivity contribution in [1.29, 1.82) is 0 Å². The Morgan fingerprint density at radius 3 is 2.60 bits per heavy atom. The molecule has 0 fully saturated rings. The van der Waals surface area contributed by atoms with Crippen molar-refractivity contribution in [3.8, 4) is 5.75 Å². The van der Waals surface area contributed by atoms with E-state index in [0.717, 1.165) is 18.6 Å². The number of hydrogen-bond acceptors (Lipinski definition) is 2. The molecular formula is C18H21NO. The van der Waals surface area contributed by atoms with Crippen LogP contribution in [-0.2, 0) is 12.8 Å². The number of benzene rings is 2. The lowest BCUT2D eigenvalue weighted by Crippen LogP contribution is -2.25. The first-order valence-corrected chi connectivity index (χ1v) is 7.15. The maximum absolute atomic E-state index is 6.33. The van der Waals surface area contributed by atoms with Crippen molar-refractivity contribution in [3.05, 3.63) is 65.2 Å². The van der Waals surface area contributed by atoms with E-state index in [-0.39, 0.29) is 11.6 Å². The van der Waals surface area contributed by atoms with Crippen molar-refractivity contribution in [2.45, 2.75) is 38.3 Å². The largest absolute Gasteiger partial charge is 0.487 e. The van der Waals surface area contributed by atoms with Gasteiger partial charge in [-0.25, -0.2) is 0 Å². The zero-order valence-electron chi connectivity index (χ0n) is 12.1. The standard InChI is InChI=1S/C18H21NO/c1-18(2)12-15-10-6-9-14(17(15)20-18)11-16(19)13-7-4-3-5-8-13/h3-10,16H,11-12,19H2,1-2H3. The molecule has 0 bridgehead atoms. The number of fused-ring (bicyclic) bond motifs is 1. The fourth-order valence-corrected chi connectivity index (χ4v) is 2.90. The van der Waals surface area contributed by atoms with E-state index < -0.39 is 0 Å². The molecule has 3 rings (SSSR count). The van der Waals surface area contributed by atoms with Gasteiger partial charge in [0.2, 0.25) is 0 Å². The topological polar surface area (TPSA) is 35.2 Å². The minimum absolute atomic E-state index is 0.00927. The van der Waals surface area contributed by atoms with Gasteiger partial charge in [0.1, 0.15) is 11.4 Å². The van der Waals surface area contributed by atoms with E-state index in [2.05, 4.69) is 44.2 Å². The van der Waals surface area contributed by atoms with E-state index in [4.69, 9.17) is 10.5 Å². The predicted octanol–water partition coefficient (Wildman–Crippen LogP) is 3.64. The second-order valence-electron chi connectivity index (χ2n) is 6.17. The highest BCUT2D eigenvalue weighted by Gasteiger charge is 2.31. The second-order valence-corrected chi connectivity index (χ2v) is 6.17. The van der Waals surface area contributed by atoms with Crippen LogP contribution in [0.25, 0.3) is 0 Å². The molecule has 2 aromatic carbocycles. The van der Waals surface area contributed by atoms with E-state index in [1.807, 2.05) is 18.2 Å². The van der Waals surface area contributed by atoms with Gasteiger partial charge in [0, 0.05) is 12.5 Å². The maximum Gasteiger partial charge on any atom is 0.126 e. The maximum atomic E-state index is 6.33. The van der Waals surface area contributed by atoms with Gasteiger partial charge < -0.3 is 10.5 Å². The molecule has 2 nitrogen and oxygen atoms in total. The molecule has 0 aromatic heterocycles. The average Bonchev–Trinajstić information content (AvgIpc) is 2.75. The lowest BCUT2D eigenvalue weighted by atomic mass is 9.96. The van der Waals surface area contributed by atoms with Crippen LogP contribution >= 0.6 is 0 Å². The molecule has 0 saturated heterocycles. The summed E-state index contributed by atoms with van der Waals surface area (Å²) in [4.78, 5) is 0. The Morgan fingerprint density at radius 2 is 1.85 bits per heavy atom. The summed E-state index contributed by atoms with van der Waals surface area (Å²) in [7, 11) is 0. The third-order valence-electron chi connectivity index (χ3n) is 3.84. The first-order valence-electron chi connectivity index (χ1n) is 7.15. The van der Waals surface area contributed by atoms with E-state index in [0.29, 0.717) is 0 Å². The van der Waals surface area contributed by atoms with Gasteiger partial charge in [0.25, 0.3) is 0 Å². The van der Waals surface area contributed by atoms with Crippen LogP contribution in [0, 0.1) is 0 Å². The van der Waals surface area contributed by atoms with Gasteiger partial charge in [-0.1, -0.05) is 48.5 Å². The Bertz CT molecular complexity index is 604. The highest BCUT2D eigenvalue weighted by atomic mass is 16.5. The monoisotopic (exact) mass is 267 g/mol. The Balaban J connectivity index is 1.85. The zero-order valence-corrected chi connectivity index (χ0v) is 12.1. The summed E-state index contributed by atoms with van der Waals surface area (Å²) in [5, 5.41) is 0. The lowest BCUT2D eigenvalue weighted by molar-refractivity contribution is 0.137. The fourth-order valence-electron chi connectivity index (χ4n) is 2.90. The molecule has 0 radical (unpaired) electrons. The molecule has 1 aliphatic rings. The summed E-state index contributed by atoms with van der Waals surface area (Å²) in [6, 6.07) is 16.6. The minimum Gasteiger partial charge on any atom is -0.487 e. The number of nitrogens with two attached hydrogens (primary N) is 1. The van der Waals surface area contributed by atoms with E-state index in [9.17, 15) is 0 Å². The van der Waals surface area contributed by atoms with Gasteiger partial charge >= 0.3 is 0 Å². The predicted molar refractivity (Wildman–Crippen MR) is 81.9 cm³/mol. The van der Waals surface area contributed by atoms with Gasteiger partial charge in [0.15, 0.2) is 0 Å². The van der Waals surface area contributed by atoms with Gasteiger partial charge in [-0.15, -0.1) is 0 Å². The van der Waals surface area contributed by atoms with Gasteiger partial charge in [-0.3, -0.25) is 0 Å². The van der Waals surface area contributed by atoms with E-state index >= 15 is 0 Å². The summed E-state index contributed by atoms with van der Waals surface area (Å²) >= 11 is 0. The Labute approximate surface area is 120 Å². The average molecular weight is 267 g/mol. The van der Waals surface area contributed by atoms with Crippen molar-refractivity contribution in [2.24, 2.45) is 5.73 Å². The number of hydrogen-bond donors (Lipinski definition) is 1. The zero-order chi connectivity index (χ0) is 14.2. The van der Waals surface area contributed by atoms with Crippen molar-refractivity contribution in [3.63, 3.8) is 0 Å². The fraction of sp³-hybridized carbons (Fsp3) is 0.333. The van der Waals surface area contributed by atoms with Crippen molar-refractivity contribution >= 4 is 0 Å². The highest BCUT2D eigenvalue weighted by Crippen LogP contribution is 2.38. The molecule has 1 unspecified atom stereocenters. The van der Waals surface area contributed by atoms with Crippen LogP contribution in [-0.4, -0.2) is 5.60 Å². The molecular weight excluding hydrogens is 246 g/mol. The number of ether oxygens (including phenoxy) is 1. The molecule has 0 aliphatic carbocycles. The summed E-state index contributed by atoms with van der Waals surface area (Å²) in [6.07, 6.45) is 1.78. The van der Waals surface area contributed by atoms with Gasteiger partial charge in [-0.2, -0.15) is 0 Å². The van der Waals surface area contributed by atoms with Gasteiger partial charge in [-0.05, 0) is 37.0 Å². The number of para-hydroxylation sites is 1. The molecule has 1 aliphatic heterocycles. The van der Waals surface area contributed by atoms with Crippen LogP contribution in [0.1, 0.15) is 36.6 Å². The highest BCUT2D eigenvalue weighted by molar-refractivity contribution is 5.46. The summed E-state index contributed by atoms with van der Waals surface area (Å²) < 4.78 is 6.11. The van der Waals surface area contributed by atoms with Crippen LogP contribution in [0.15, 0.2) is 48.5 Å². The normalized spacial score (nSPS) is 17.4. The summed E-state index contributed by atoms with van der Waals surface area (Å²) in [6.45, 7) is 4.27. The second kappa shape index (κ2) is 4.95. The summed E-state index contributed by atoms with van der Waals surface area (Å²) in [5.74, 6) is 1.05. The number of rotatable bonds is 3. The Kier molecular flexibility index (Phi) is 3.27. The first-order chi connectivity index (χ1) is 9.55. The molecule has 0 amide bonds. The van der Waals surface area contributed by atoms with Crippen molar-refractivity contribution in [1.82, 2.24) is 0 Å². The molecule has 1 atom stereocenters. The van der Waals surface area contributed by atoms with E-state index in [1.54, 1.807) is 0 Å². The van der Waals surface area contributed by atoms with E-state index in [1.165, 1.54) is 16.7 Å². The molecule has 1 heterocycles. The molecule has 2 N–H and O–H groups in total. The first kappa shape index (κ1) is 13.2. The van der Waals surface area contributed by atoms with Crippen LogP contribution < -0.4 is 10.5 Å².